The van der Waals surface area contributed by atoms with Crippen molar-refractivity contribution in [1.82, 2.24) is 20.9 Å². The Bertz CT molecular complexity index is 1040. The van der Waals surface area contributed by atoms with Crippen LogP contribution in [-0.2, 0) is 24.0 Å². The van der Waals surface area contributed by atoms with Crippen LogP contribution in [0, 0.1) is 11.3 Å². The first kappa shape index (κ1) is 29.5. The highest BCUT2D eigenvalue weighted by atomic mass is 16.4. The van der Waals surface area contributed by atoms with Gasteiger partial charge in [0.2, 0.25) is 23.3 Å². The number of nitrogens with one attached hydrogen (secondary N) is 3. The molecule has 11 heteroatoms. The second-order valence-corrected chi connectivity index (χ2v) is 9.32. The van der Waals surface area contributed by atoms with Gasteiger partial charge in [-0.1, -0.05) is 45.9 Å². The van der Waals surface area contributed by atoms with Crippen LogP contribution in [0.4, 0.5) is 0 Å². The van der Waals surface area contributed by atoms with Crippen LogP contribution in [-0.4, -0.2) is 70.7 Å². The molecule has 1 fully saturated rings. The van der Waals surface area contributed by atoms with Crippen LogP contribution >= 0.6 is 0 Å². The lowest BCUT2D eigenvalue weighted by Gasteiger charge is -2.47. The molecular weight excluding hydrogens is 480 g/mol. The molecule has 1 saturated heterocycles. The van der Waals surface area contributed by atoms with E-state index in [9.17, 15) is 33.9 Å². The fourth-order valence-corrected chi connectivity index (χ4v) is 4.71. The molecule has 1 aromatic carbocycles. The van der Waals surface area contributed by atoms with Crippen LogP contribution in [0.2, 0.25) is 0 Å². The van der Waals surface area contributed by atoms with Crippen molar-refractivity contribution in [2.45, 2.75) is 58.9 Å². The molecule has 2 atom stereocenters. The molecule has 0 radical (unpaired) electrons. The monoisotopic (exact) mass is 516 g/mol. The van der Waals surface area contributed by atoms with E-state index in [0.717, 1.165) is 0 Å². The van der Waals surface area contributed by atoms with Gasteiger partial charge in [-0.25, -0.2) is 4.79 Å². The lowest BCUT2D eigenvalue weighted by molar-refractivity contribution is -0.177. The summed E-state index contributed by atoms with van der Waals surface area (Å²) in [5, 5.41) is 17.6. The van der Waals surface area contributed by atoms with Crippen molar-refractivity contribution in [3.8, 4) is 0 Å². The Morgan fingerprint density at radius 2 is 1.57 bits per heavy atom. The fraction of sp³-hybridized carbons (Fsp3) is 0.538. The maximum absolute atomic E-state index is 14.2. The maximum atomic E-state index is 14.2. The number of rotatable bonds is 11. The third-order valence-electron chi connectivity index (χ3n) is 6.65. The Labute approximate surface area is 216 Å². The van der Waals surface area contributed by atoms with Gasteiger partial charge in [-0.05, 0) is 37.3 Å². The van der Waals surface area contributed by atoms with Crippen molar-refractivity contribution in [1.29, 1.82) is 0 Å². The number of carboxylic acid groups (broad SMARTS) is 1. The lowest BCUT2D eigenvalue weighted by Crippen LogP contribution is -2.80. The van der Waals surface area contributed by atoms with E-state index < -0.39 is 52.4 Å². The highest BCUT2D eigenvalue weighted by Crippen LogP contribution is 2.43. The van der Waals surface area contributed by atoms with E-state index in [1.165, 1.54) is 37.8 Å². The number of carbonyl (C=O) groups excluding carboxylic acids is 5. The molecule has 5 amide bonds. The molecule has 0 bridgehead atoms. The predicted octanol–water partition coefficient (Wildman–Crippen LogP) is 1.08. The van der Waals surface area contributed by atoms with Gasteiger partial charge in [-0.15, -0.1) is 0 Å². The van der Waals surface area contributed by atoms with E-state index >= 15 is 0 Å². The smallest absolute Gasteiger partial charge is 0.341 e. The van der Waals surface area contributed by atoms with Crippen molar-refractivity contribution in [3.63, 3.8) is 0 Å². The fourth-order valence-electron chi connectivity index (χ4n) is 4.71. The molecule has 1 aliphatic rings. The molecule has 11 nitrogen and oxygen atoms in total. The van der Waals surface area contributed by atoms with Crippen molar-refractivity contribution in [2.24, 2.45) is 11.3 Å². The average Bonchev–Trinajstić information content (AvgIpc) is 3.41. The number of nitrogens with zero attached hydrogens (tertiary/aromatic N) is 1. The Kier molecular flexibility index (Phi) is 9.93. The summed E-state index contributed by atoms with van der Waals surface area (Å²) in [5.41, 5.74) is -5.76. The van der Waals surface area contributed by atoms with Gasteiger partial charge in [0.1, 0.15) is 0 Å². The Balaban J connectivity index is 2.92. The predicted molar refractivity (Wildman–Crippen MR) is 134 cm³/mol. The molecule has 2 rings (SSSR count). The second-order valence-electron chi connectivity index (χ2n) is 9.32. The summed E-state index contributed by atoms with van der Waals surface area (Å²) in [7, 11) is 0. The highest BCUT2D eigenvalue weighted by molar-refractivity contribution is 6.24. The number of hydrogen-bond acceptors (Lipinski definition) is 6. The molecule has 202 valence electrons. The first-order chi connectivity index (χ1) is 17.5. The van der Waals surface area contributed by atoms with Gasteiger partial charge in [0, 0.05) is 31.6 Å². The van der Waals surface area contributed by atoms with Gasteiger partial charge in [-0.3, -0.25) is 29.3 Å². The molecule has 0 aliphatic carbocycles. The zero-order valence-electron chi connectivity index (χ0n) is 21.8. The quantitative estimate of drug-likeness (QED) is 0.320. The van der Waals surface area contributed by atoms with Gasteiger partial charge in [0.05, 0.1) is 0 Å². The summed E-state index contributed by atoms with van der Waals surface area (Å²) in [4.78, 5) is 82.2. The van der Waals surface area contributed by atoms with Crippen molar-refractivity contribution >= 4 is 35.5 Å². The van der Waals surface area contributed by atoms with Crippen LogP contribution in [0.3, 0.4) is 0 Å². The lowest BCUT2D eigenvalue weighted by atomic mass is 9.60. The third kappa shape index (κ3) is 5.50. The van der Waals surface area contributed by atoms with Gasteiger partial charge in [-0.2, -0.15) is 0 Å². The summed E-state index contributed by atoms with van der Waals surface area (Å²) in [6, 6.07) is 7.56. The number of imide groups is 1. The topological polar surface area (TPSA) is 162 Å². The van der Waals surface area contributed by atoms with Gasteiger partial charge in [0.25, 0.3) is 11.8 Å². The molecule has 37 heavy (non-hydrogen) atoms. The zero-order valence-corrected chi connectivity index (χ0v) is 21.8. The Morgan fingerprint density at radius 3 is 2.05 bits per heavy atom. The van der Waals surface area contributed by atoms with Crippen molar-refractivity contribution in [3.05, 3.63) is 35.9 Å². The average molecular weight is 517 g/mol. The molecule has 1 aromatic rings. The number of likely N-dealkylation sites (tertiary alicyclic amines) is 1. The normalized spacial score (nSPS) is 16.3. The van der Waals surface area contributed by atoms with Gasteiger partial charge < -0.3 is 20.6 Å². The number of aliphatic carboxylic acids is 1. The largest absolute Gasteiger partial charge is 0.479 e. The Morgan fingerprint density at radius 1 is 0.973 bits per heavy atom. The Hall–Kier alpha value is -3.76. The number of benzene rings is 1. The molecule has 0 saturated carbocycles. The molecule has 1 heterocycles. The van der Waals surface area contributed by atoms with E-state index in [4.69, 9.17) is 0 Å². The molecule has 1 aliphatic heterocycles. The number of carbonyl (C=O) groups is 6. The maximum Gasteiger partial charge on any atom is 0.341 e. The first-order valence-corrected chi connectivity index (χ1v) is 12.5. The SMILES string of the molecule is CCCNC(=O)C(NC(=O)c1ccccc1)(C(=O)O)C(C(=O)NC(=O)CC)(C(=O)N1CCCC1)C(C)C. The third-order valence-corrected chi connectivity index (χ3v) is 6.65. The van der Waals surface area contributed by atoms with E-state index in [2.05, 4.69) is 16.0 Å². The standard InChI is InChI=1S/C26H36N4O7/c1-5-14-27-22(34)26(24(36)37,29-20(32)18-12-8-7-9-13-18)25(17(3)4,21(33)28-19(31)6-2)23(35)30-15-10-11-16-30/h7-9,12-13,17H,5-6,10-11,14-16H2,1-4H3,(H,27,34)(H,29,32)(H,36,37)(H,28,31,33). The van der Waals surface area contributed by atoms with E-state index in [-0.39, 0.29) is 31.6 Å². The molecule has 0 spiro atoms. The summed E-state index contributed by atoms with van der Waals surface area (Å²) >= 11 is 0. The minimum absolute atomic E-state index is 0.0211. The van der Waals surface area contributed by atoms with Crippen LogP contribution in [0.15, 0.2) is 30.3 Å². The van der Waals surface area contributed by atoms with Crippen molar-refractivity contribution in [2.75, 3.05) is 19.6 Å². The zero-order chi connectivity index (χ0) is 27.8. The van der Waals surface area contributed by atoms with Gasteiger partial charge >= 0.3 is 5.97 Å². The number of carboxylic acids is 1. The molecule has 2 unspecified atom stereocenters. The van der Waals surface area contributed by atoms with Crippen LogP contribution < -0.4 is 16.0 Å². The van der Waals surface area contributed by atoms with E-state index in [0.29, 0.717) is 19.3 Å². The minimum atomic E-state index is -3.08. The molecule has 0 aromatic heterocycles. The minimum Gasteiger partial charge on any atom is -0.479 e. The van der Waals surface area contributed by atoms with E-state index in [1.807, 2.05) is 0 Å². The first-order valence-electron chi connectivity index (χ1n) is 12.5. The number of amides is 5. The van der Waals surface area contributed by atoms with Crippen LogP contribution in [0.5, 0.6) is 0 Å². The van der Waals surface area contributed by atoms with Crippen LogP contribution in [0.25, 0.3) is 0 Å². The summed E-state index contributed by atoms with van der Waals surface area (Å²) in [6.07, 6.45) is 1.53. The molecule has 4 N–H and O–H groups in total. The second kappa shape index (κ2) is 12.5. The summed E-state index contributed by atoms with van der Waals surface area (Å²) in [5.74, 6) is -8.19. The summed E-state index contributed by atoms with van der Waals surface area (Å²) in [6.45, 7) is 6.56. The van der Waals surface area contributed by atoms with Gasteiger partial charge in [0.15, 0.2) is 5.41 Å². The van der Waals surface area contributed by atoms with Crippen LogP contribution in [0.1, 0.15) is 63.7 Å². The van der Waals surface area contributed by atoms with Crippen molar-refractivity contribution < 1.29 is 33.9 Å². The number of hydrogen-bond donors (Lipinski definition) is 4. The van der Waals surface area contributed by atoms with E-state index in [1.54, 1.807) is 25.1 Å². The molecular formula is C26H36N4O7. The highest BCUT2D eigenvalue weighted by Gasteiger charge is 2.73. The summed E-state index contributed by atoms with van der Waals surface area (Å²) < 4.78 is 0.